The fourth-order valence-corrected chi connectivity index (χ4v) is 8.30. The van der Waals surface area contributed by atoms with Crippen LogP contribution in [0.2, 0.25) is 0 Å². The zero-order chi connectivity index (χ0) is 48.4. The van der Waals surface area contributed by atoms with Gasteiger partial charge in [-0.25, -0.2) is 16.8 Å². The average Bonchev–Trinajstić information content (AvgIpc) is 3.11. The summed E-state index contributed by atoms with van der Waals surface area (Å²) in [6.07, 6.45) is 18.2. The van der Waals surface area contributed by atoms with Crippen LogP contribution in [0.5, 0.6) is 0 Å². The molecule has 0 aliphatic carbocycles. The summed E-state index contributed by atoms with van der Waals surface area (Å²) in [5.41, 5.74) is 3.81. The summed E-state index contributed by atoms with van der Waals surface area (Å²) >= 11 is 0. The minimum atomic E-state index is -4.04. The van der Waals surface area contributed by atoms with Crippen molar-refractivity contribution in [1.82, 2.24) is 0 Å². The highest BCUT2D eigenvalue weighted by Gasteiger charge is 2.18. The van der Waals surface area contributed by atoms with Crippen LogP contribution in [0.1, 0.15) is 111 Å². The van der Waals surface area contributed by atoms with Crippen LogP contribution in [-0.4, -0.2) is 83.4 Å². The average molecular weight is 947 g/mol. The number of benzene rings is 3. The Morgan fingerprint density at radius 2 is 0.902 bits per heavy atom. The number of hydrogen-bond acceptors (Lipinski definition) is 7. The standard InChI is InChI=1S/3C9H13S.C8H18NO2S.C7H14O2.C6H14O3S/c3*1-8-5-4-6-9(7-8)10(2)3;1-5-8(2,3)6-7-9-12(4,10)11;1-4-7(2,3)5-6(8)9;1-4-6(2,3)5-10(7,8)9/h3*4-7H,1-3H3;5-7H2,1-4H3;4-5H2,1-3H3,(H,8,9);4-5H2,1-3H3,(H,7,8,9)/q3*+1;-1;;/p-2. The van der Waals surface area contributed by atoms with Crippen LogP contribution in [-0.2, 0) is 57.6 Å². The molecule has 3 aromatic carbocycles. The van der Waals surface area contributed by atoms with Crippen LogP contribution in [0.3, 0.4) is 0 Å². The van der Waals surface area contributed by atoms with Gasteiger partial charge in [0.1, 0.15) is 37.5 Å². The number of nitrogens with zero attached hydrogens (tertiary/aromatic N) is 1. The van der Waals surface area contributed by atoms with Crippen molar-refractivity contribution in [3.63, 3.8) is 0 Å². The first kappa shape index (κ1) is 63.3. The molecule has 0 amide bonds. The highest BCUT2D eigenvalue weighted by atomic mass is 32.2. The van der Waals surface area contributed by atoms with Gasteiger partial charge >= 0.3 is 0 Å². The second-order valence-corrected chi connectivity index (χ2v) is 27.5. The van der Waals surface area contributed by atoms with Crippen LogP contribution in [0.4, 0.5) is 0 Å². The Morgan fingerprint density at radius 3 is 1.07 bits per heavy atom. The Balaban J connectivity index is -0.000000663. The van der Waals surface area contributed by atoms with Gasteiger partial charge in [0.05, 0.1) is 20.1 Å². The molecule has 0 saturated carbocycles. The van der Waals surface area contributed by atoms with E-state index in [9.17, 15) is 31.3 Å². The van der Waals surface area contributed by atoms with E-state index >= 15 is 0 Å². The van der Waals surface area contributed by atoms with E-state index in [1.165, 1.54) is 31.4 Å². The van der Waals surface area contributed by atoms with Gasteiger partial charge in [0.25, 0.3) is 0 Å². The highest BCUT2D eigenvalue weighted by Crippen LogP contribution is 2.25. The fraction of sp³-hybridized carbons (Fsp3) is 0.604. The third-order valence-corrected chi connectivity index (χ3v) is 14.9. The number of carbonyl (C=O) groups excluding carboxylic acids is 1. The summed E-state index contributed by atoms with van der Waals surface area (Å²) in [5.74, 6) is -1.22. The molecule has 0 aromatic heterocycles. The van der Waals surface area contributed by atoms with E-state index in [0.717, 1.165) is 25.5 Å². The number of hydrogen-bond donors (Lipinski definition) is 0. The summed E-state index contributed by atoms with van der Waals surface area (Å²) in [6.45, 7) is 24.4. The maximum Gasteiger partial charge on any atom is 0.154 e. The molecule has 0 N–H and O–H groups in total. The van der Waals surface area contributed by atoms with Crippen LogP contribution >= 0.6 is 0 Å². The summed E-state index contributed by atoms with van der Waals surface area (Å²) in [5, 5.41) is 10.1. The molecule has 8 nitrogen and oxygen atoms in total. The van der Waals surface area contributed by atoms with E-state index in [1.54, 1.807) is 13.8 Å². The Morgan fingerprint density at radius 1 is 0.590 bits per heavy atom. The first-order valence-corrected chi connectivity index (χ1v) is 30.1. The number of aryl methyl sites for hydroxylation is 3. The van der Waals surface area contributed by atoms with E-state index in [4.69, 9.17) is 0 Å². The number of sulfonamides is 1. The van der Waals surface area contributed by atoms with Gasteiger partial charge in [0, 0.05) is 50.7 Å². The lowest BCUT2D eigenvalue weighted by Gasteiger charge is -2.27. The molecule has 0 saturated heterocycles. The highest BCUT2D eigenvalue weighted by molar-refractivity contribution is 7.96. The molecule has 0 heterocycles. The van der Waals surface area contributed by atoms with Gasteiger partial charge in [-0.15, -0.1) is 6.54 Å². The normalized spacial score (nSPS) is 11.7. The molecule has 0 atom stereocenters. The van der Waals surface area contributed by atoms with Crippen molar-refractivity contribution in [2.75, 3.05) is 56.1 Å². The second-order valence-electron chi connectivity index (χ2n) is 18.0. The number of carbonyl (C=O) groups is 1. The van der Waals surface area contributed by atoms with Gasteiger partial charge in [-0.05, 0) is 96.5 Å². The van der Waals surface area contributed by atoms with Crippen molar-refractivity contribution in [3.05, 3.63) is 94.2 Å². The van der Waals surface area contributed by atoms with E-state index in [2.05, 4.69) is 157 Å². The minimum Gasteiger partial charge on any atom is -0.748 e. The number of carboxylic acids is 1. The van der Waals surface area contributed by atoms with Crippen molar-refractivity contribution in [3.8, 4) is 0 Å². The molecule has 0 aliphatic heterocycles. The van der Waals surface area contributed by atoms with Gasteiger partial charge in [0.15, 0.2) is 14.7 Å². The first-order chi connectivity index (χ1) is 27.6. The molecule has 0 spiro atoms. The lowest BCUT2D eigenvalue weighted by Crippen LogP contribution is -2.28. The largest absolute Gasteiger partial charge is 0.748 e. The monoisotopic (exact) mass is 945 g/mol. The van der Waals surface area contributed by atoms with Crippen molar-refractivity contribution < 1.29 is 31.3 Å². The molecule has 0 radical (unpaired) electrons. The lowest BCUT2D eigenvalue weighted by molar-refractivity contribution is -0.307. The third kappa shape index (κ3) is 39.3. The van der Waals surface area contributed by atoms with Gasteiger partial charge in [-0.2, -0.15) is 0 Å². The molecular formula is C48H83NO7S5. The van der Waals surface area contributed by atoms with E-state index in [1.807, 2.05) is 27.7 Å². The van der Waals surface area contributed by atoms with Crippen molar-refractivity contribution in [1.29, 1.82) is 0 Å². The molecule has 0 unspecified atom stereocenters. The predicted octanol–water partition coefficient (Wildman–Crippen LogP) is 10.4. The van der Waals surface area contributed by atoms with Gasteiger partial charge in [-0.3, -0.25) is 0 Å². The summed E-state index contributed by atoms with van der Waals surface area (Å²) < 4.78 is 55.6. The van der Waals surface area contributed by atoms with E-state index in [-0.39, 0.29) is 28.4 Å². The number of rotatable bonds is 14. The molecular weight excluding hydrogens is 863 g/mol. The molecule has 3 rings (SSSR count). The zero-order valence-corrected chi connectivity index (χ0v) is 45.3. The van der Waals surface area contributed by atoms with Gasteiger partial charge in [0.2, 0.25) is 0 Å². The van der Waals surface area contributed by atoms with Crippen LogP contribution < -0.4 is 5.11 Å². The van der Waals surface area contributed by atoms with Gasteiger partial charge in [-0.1, -0.05) is 124 Å². The Kier molecular flexibility index (Phi) is 32.1. The predicted molar refractivity (Wildman–Crippen MR) is 270 cm³/mol. The van der Waals surface area contributed by atoms with E-state index < -0.39 is 26.1 Å². The maximum atomic E-state index is 10.6. The van der Waals surface area contributed by atoms with Crippen molar-refractivity contribution in [2.24, 2.45) is 16.2 Å². The van der Waals surface area contributed by atoms with E-state index in [0.29, 0.717) is 45.7 Å². The second kappa shape index (κ2) is 31.0. The maximum absolute atomic E-state index is 10.6. The Bertz CT molecular complexity index is 1750. The summed E-state index contributed by atoms with van der Waals surface area (Å²) in [7, 11) is -5.94. The smallest absolute Gasteiger partial charge is 0.154 e. The minimum absolute atomic E-state index is 0.0984. The SMILES string of the molecule is CCC(C)(C)CC(=O)[O-].CCC(C)(C)CC[N-]S(C)(=O)=O.CCC(C)(C)CS(=O)(=O)[O-].Cc1cccc([S+](C)C)c1.Cc1cccc([S+](C)C)c1.Cc1cccc([S+](C)C)c1. The van der Waals surface area contributed by atoms with Crippen molar-refractivity contribution >= 4 is 58.8 Å². The lowest BCUT2D eigenvalue weighted by atomic mass is 9.87. The topological polar surface area (TPSA) is 146 Å². The van der Waals surface area contributed by atoms with Crippen LogP contribution in [0, 0.1) is 37.0 Å². The first-order valence-electron chi connectivity index (χ1n) is 20.6. The number of carboxylic acid groups (broad SMARTS) is 1. The molecule has 61 heavy (non-hydrogen) atoms. The molecule has 3 aromatic rings. The molecule has 13 heteroatoms. The van der Waals surface area contributed by atoms with Crippen molar-refractivity contribution in [2.45, 2.75) is 130 Å². The summed E-state index contributed by atoms with van der Waals surface area (Å²) in [4.78, 5) is 14.4. The molecule has 0 aliphatic rings. The zero-order valence-electron chi connectivity index (χ0n) is 41.2. The van der Waals surface area contributed by atoms with Gasteiger partial charge < -0.3 is 19.2 Å². The molecule has 0 fully saturated rings. The Hall–Kier alpha value is -2.00. The van der Waals surface area contributed by atoms with Crippen LogP contribution in [0.25, 0.3) is 4.72 Å². The molecule has 0 bridgehead atoms. The summed E-state index contributed by atoms with van der Waals surface area (Å²) in [6, 6.07) is 26.1. The third-order valence-electron chi connectivity index (χ3n) is 9.56. The number of aliphatic carboxylic acids is 1. The fourth-order valence-electron chi connectivity index (χ4n) is 4.40. The Labute approximate surface area is 384 Å². The van der Waals surface area contributed by atoms with Crippen LogP contribution in [0.15, 0.2) is 87.5 Å². The molecule has 352 valence electrons. The quantitative estimate of drug-likeness (QED) is 0.116.